The number of methoxy groups -OCH3 is 1. The third kappa shape index (κ3) is 3.36. The monoisotopic (exact) mass is 248 g/mol. The van der Waals surface area contributed by atoms with Crippen LogP contribution in [-0.2, 0) is 9.53 Å². The summed E-state index contributed by atoms with van der Waals surface area (Å²) in [6.45, 7) is 2.56. The summed E-state index contributed by atoms with van der Waals surface area (Å²) in [5, 5.41) is 9.21. The van der Waals surface area contributed by atoms with Crippen LogP contribution in [0.25, 0.3) is 0 Å². The number of rotatable bonds is 5. The number of nitrogens with zero attached hydrogens (tertiary/aromatic N) is 2. The summed E-state index contributed by atoms with van der Waals surface area (Å²) < 4.78 is 10.2. The fourth-order valence-electron chi connectivity index (χ4n) is 2.24. The van der Waals surface area contributed by atoms with Gasteiger partial charge in [-0.2, -0.15) is 0 Å². The van der Waals surface area contributed by atoms with Gasteiger partial charge in [0.2, 0.25) is 0 Å². The number of aliphatic carboxylic acids is 1. The van der Waals surface area contributed by atoms with Crippen molar-refractivity contribution in [2.24, 2.45) is 5.92 Å². The van der Waals surface area contributed by atoms with Crippen LogP contribution in [0.5, 0.6) is 0 Å². The first kappa shape index (κ1) is 15.3. The Morgan fingerprint density at radius 3 is 3.00 bits per heavy atom. The van der Waals surface area contributed by atoms with E-state index >= 15 is 0 Å². The summed E-state index contributed by atoms with van der Waals surface area (Å²) >= 11 is 0. The van der Waals surface area contributed by atoms with Crippen LogP contribution >= 0.6 is 0 Å². The molecular weight excluding hydrogens is 231 g/mol. The molecule has 6 nitrogen and oxygen atoms in total. The Morgan fingerprint density at radius 1 is 1.67 bits per heavy atom. The van der Waals surface area contributed by atoms with Crippen molar-refractivity contribution in [3.8, 4) is 0 Å². The second-order valence-corrected chi connectivity index (χ2v) is 4.21. The van der Waals surface area contributed by atoms with E-state index in [0.717, 1.165) is 6.54 Å². The number of hydrogen-bond donors (Lipinski definition) is 1. The van der Waals surface area contributed by atoms with Crippen LogP contribution in [0.2, 0.25) is 0 Å². The van der Waals surface area contributed by atoms with Crippen molar-refractivity contribution >= 4 is 24.8 Å². The van der Waals surface area contributed by atoms with Gasteiger partial charge in [-0.15, -0.1) is 0 Å². The summed E-state index contributed by atoms with van der Waals surface area (Å²) in [7, 11) is 1.64. The molecule has 18 heavy (non-hydrogen) atoms. The van der Waals surface area contributed by atoms with E-state index in [0.29, 0.717) is 25.5 Å². The SMILES string of the molecule is COCCN1CC(C(=O)O)C(c2cnco2)C1.[LiH]. The van der Waals surface area contributed by atoms with Gasteiger partial charge in [0.25, 0.3) is 0 Å². The van der Waals surface area contributed by atoms with Crippen molar-refractivity contribution in [1.29, 1.82) is 0 Å². The Labute approximate surface area is 117 Å². The minimum absolute atomic E-state index is 0. The second-order valence-electron chi connectivity index (χ2n) is 4.21. The first-order valence-electron chi connectivity index (χ1n) is 5.55. The number of carbonyl (C=O) groups is 1. The number of ether oxygens (including phenoxy) is 1. The Hall–Kier alpha value is -0.803. The molecule has 7 heteroatoms. The first-order valence-corrected chi connectivity index (χ1v) is 5.55. The van der Waals surface area contributed by atoms with Gasteiger partial charge in [0.1, 0.15) is 5.76 Å². The standard InChI is InChI=1S/C11H16N2O4.Li.H/c1-16-3-2-13-5-8(9(6-13)11(14)15)10-4-12-7-17-10;;/h4,7-9H,2-3,5-6H2,1H3,(H,14,15);;. The van der Waals surface area contributed by atoms with Crippen molar-refractivity contribution < 1.29 is 19.1 Å². The average molecular weight is 248 g/mol. The van der Waals surface area contributed by atoms with E-state index in [9.17, 15) is 9.90 Å². The van der Waals surface area contributed by atoms with Crippen LogP contribution in [0.15, 0.2) is 17.0 Å². The molecule has 1 aromatic rings. The van der Waals surface area contributed by atoms with Gasteiger partial charge in [0.15, 0.2) is 6.39 Å². The van der Waals surface area contributed by atoms with E-state index in [1.54, 1.807) is 13.3 Å². The average Bonchev–Trinajstić information content (AvgIpc) is 2.94. The molecule has 0 radical (unpaired) electrons. The van der Waals surface area contributed by atoms with E-state index < -0.39 is 11.9 Å². The third-order valence-electron chi connectivity index (χ3n) is 3.14. The summed E-state index contributed by atoms with van der Waals surface area (Å²) in [6, 6.07) is 0. The number of hydrogen-bond acceptors (Lipinski definition) is 5. The molecule has 2 heterocycles. The summed E-state index contributed by atoms with van der Waals surface area (Å²) in [5.74, 6) is -0.685. The molecule has 2 unspecified atom stereocenters. The molecule has 1 saturated heterocycles. The van der Waals surface area contributed by atoms with Crippen molar-refractivity contribution in [2.75, 3.05) is 33.4 Å². The fourth-order valence-corrected chi connectivity index (χ4v) is 2.24. The molecule has 0 amide bonds. The van der Waals surface area contributed by atoms with E-state index in [1.807, 2.05) is 0 Å². The quantitative estimate of drug-likeness (QED) is 0.725. The maximum atomic E-state index is 11.2. The first-order chi connectivity index (χ1) is 8.22. The second kappa shape index (κ2) is 6.95. The van der Waals surface area contributed by atoms with Crippen LogP contribution in [0.3, 0.4) is 0 Å². The van der Waals surface area contributed by atoms with Gasteiger partial charge < -0.3 is 14.3 Å². The van der Waals surface area contributed by atoms with Crippen LogP contribution in [-0.4, -0.2) is 73.2 Å². The van der Waals surface area contributed by atoms with E-state index in [-0.39, 0.29) is 24.8 Å². The van der Waals surface area contributed by atoms with E-state index in [2.05, 4.69) is 9.88 Å². The van der Waals surface area contributed by atoms with Gasteiger partial charge in [-0.05, 0) is 0 Å². The predicted octanol–water partition coefficient (Wildman–Crippen LogP) is -0.228. The summed E-state index contributed by atoms with van der Waals surface area (Å²) in [4.78, 5) is 17.1. The van der Waals surface area contributed by atoms with Crippen LogP contribution in [0.1, 0.15) is 11.7 Å². The van der Waals surface area contributed by atoms with Gasteiger partial charge in [-0.1, -0.05) is 0 Å². The van der Waals surface area contributed by atoms with Gasteiger partial charge in [0, 0.05) is 32.7 Å². The van der Waals surface area contributed by atoms with Crippen molar-refractivity contribution in [3.05, 3.63) is 18.4 Å². The molecule has 96 valence electrons. The molecule has 1 aliphatic rings. The Bertz CT molecular complexity index is 371. The van der Waals surface area contributed by atoms with Gasteiger partial charge in [-0.3, -0.25) is 9.69 Å². The van der Waals surface area contributed by atoms with Crippen LogP contribution in [0, 0.1) is 5.92 Å². The van der Waals surface area contributed by atoms with Crippen LogP contribution in [0.4, 0.5) is 0 Å². The molecule has 1 N–H and O–H groups in total. The topological polar surface area (TPSA) is 75.8 Å². The summed E-state index contributed by atoms with van der Waals surface area (Å²) in [5.41, 5.74) is 0. The molecule has 1 aromatic heterocycles. The predicted molar refractivity (Wildman–Crippen MR) is 65.8 cm³/mol. The van der Waals surface area contributed by atoms with Gasteiger partial charge in [-0.25, -0.2) is 4.98 Å². The Balaban J connectivity index is 0.00000162. The molecule has 0 bridgehead atoms. The minimum atomic E-state index is -0.786. The Kier molecular flexibility index (Phi) is 5.89. The molecule has 1 aliphatic heterocycles. The number of likely N-dealkylation sites (tertiary alicyclic amines) is 1. The van der Waals surface area contributed by atoms with Crippen LogP contribution < -0.4 is 0 Å². The van der Waals surface area contributed by atoms with E-state index in [1.165, 1.54) is 6.39 Å². The number of carboxylic acid groups (broad SMARTS) is 1. The van der Waals surface area contributed by atoms with E-state index in [4.69, 9.17) is 9.15 Å². The van der Waals surface area contributed by atoms with Gasteiger partial charge in [0.05, 0.1) is 18.7 Å². The zero-order chi connectivity index (χ0) is 12.3. The molecule has 0 saturated carbocycles. The number of oxazole rings is 1. The normalized spacial score (nSPS) is 23.8. The van der Waals surface area contributed by atoms with Crippen molar-refractivity contribution in [3.63, 3.8) is 0 Å². The third-order valence-corrected chi connectivity index (χ3v) is 3.14. The zero-order valence-corrected chi connectivity index (χ0v) is 9.70. The van der Waals surface area contributed by atoms with Crippen molar-refractivity contribution in [2.45, 2.75) is 5.92 Å². The fraction of sp³-hybridized carbons (Fsp3) is 0.636. The van der Waals surface area contributed by atoms with Gasteiger partial charge >= 0.3 is 24.8 Å². The number of carboxylic acids is 1. The maximum absolute atomic E-state index is 11.2. The molecule has 0 aliphatic carbocycles. The van der Waals surface area contributed by atoms with Crippen molar-refractivity contribution in [1.82, 2.24) is 9.88 Å². The molecule has 0 spiro atoms. The Morgan fingerprint density at radius 2 is 2.44 bits per heavy atom. The molecule has 0 aromatic carbocycles. The molecule has 2 rings (SSSR count). The summed E-state index contributed by atoms with van der Waals surface area (Å²) in [6.07, 6.45) is 2.94. The number of aromatic nitrogens is 1. The molecule has 1 fully saturated rings. The zero-order valence-electron chi connectivity index (χ0n) is 9.70. The molecular formula is C11H17LiN2O4. The molecule has 2 atom stereocenters.